The Labute approximate surface area is 199 Å². The molecule has 1 heterocycles. The second kappa shape index (κ2) is 11.0. The van der Waals surface area contributed by atoms with E-state index in [9.17, 15) is 14.7 Å². The third-order valence-electron chi connectivity index (χ3n) is 5.60. The predicted molar refractivity (Wildman–Crippen MR) is 132 cm³/mol. The maximum atomic E-state index is 12.5. The summed E-state index contributed by atoms with van der Waals surface area (Å²) in [6, 6.07) is 16.4. The third-order valence-corrected chi connectivity index (χ3v) is 5.84. The Morgan fingerprint density at radius 1 is 1.15 bits per heavy atom. The van der Waals surface area contributed by atoms with Gasteiger partial charge < -0.3 is 14.9 Å². The number of rotatable bonds is 8. The predicted octanol–water partition coefficient (Wildman–Crippen LogP) is 5.04. The number of hydrogen-bond donors (Lipinski definition) is 1. The summed E-state index contributed by atoms with van der Waals surface area (Å²) in [5.74, 6) is -0.353. The molecule has 2 aromatic rings. The van der Waals surface area contributed by atoms with Crippen molar-refractivity contribution in [2.24, 2.45) is 4.99 Å². The Morgan fingerprint density at radius 2 is 1.88 bits per heavy atom. The number of nitrogens with zero attached hydrogens (tertiary/aromatic N) is 3. The van der Waals surface area contributed by atoms with Crippen LogP contribution >= 0.6 is 11.6 Å². The Balaban J connectivity index is 1.71. The van der Waals surface area contributed by atoms with E-state index in [2.05, 4.69) is 4.99 Å². The van der Waals surface area contributed by atoms with Crippen molar-refractivity contribution in [2.75, 3.05) is 20.1 Å². The highest BCUT2D eigenvalue weighted by Gasteiger charge is 2.34. The molecule has 3 rings (SSSR count). The van der Waals surface area contributed by atoms with Gasteiger partial charge in [0.2, 0.25) is 5.91 Å². The first-order valence-corrected chi connectivity index (χ1v) is 11.2. The van der Waals surface area contributed by atoms with Gasteiger partial charge >= 0.3 is 5.97 Å². The van der Waals surface area contributed by atoms with Gasteiger partial charge in [0.1, 0.15) is 5.84 Å². The molecule has 0 saturated heterocycles. The molecule has 172 valence electrons. The molecule has 0 spiro atoms. The van der Waals surface area contributed by atoms with Crippen molar-refractivity contribution in [3.05, 3.63) is 88.1 Å². The second-order valence-electron chi connectivity index (χ2n) is 7.97. The topological polar surface area (TPSA) is 73.2 Å². The lowest BCUT2D eigenvalue weighted by molar-refractivity contribution is -0.133. The first-order valence-electron chi connectivity index (χ1n) is 10.8. The minimum atomic E-state index is -1.00. The summed E-state index contributed by atoms with van der Waals surface area (Å²) in [5, 5.41) is 10.5. The van der Waals surface area contributed by atoms with Gasteiger partial charge in [-0.15, -0.1) is 0 Å². The number of carboxylic acid groups (broad SMARTS) is 1. The van der Waals surface area contributed by atoms with Crippen LogP contribution in [0.2, 0.25) is 5.02 Å². The van der Waals surface area contributed by atoms with Crippen molar-refractivity contribution >= 4 is 35.4 Å². The van der Waals surface area contributed by atoms with Crippen molar-refractivity contribution < 1.29 is 14.7 Å². The van der Waals surface area contributed by atoms with Gasteiger partial charge in [0, 0.05) is 31.2 Å². The smallest absolute Gasteiger partial charge is 0.335 e. The van der Waals surface area contributed by atoms with Crippen LogP contribution in [0.5, 0.6) is 0 Å². The Bertz CT molecular complexity index is 1110. The van der Waals surface area contributed by atoms with Gasteiger partial charge in [-0.05, 0) is 49.6 Å². The zero-order valence-corrected chi connectivity index (χ0v) is 19.8. The summed E-state index contributed by atoms with van der Waals surface area (Å²) < 4.78 is 0. The van der Waals surface area contributed by atoms with Gasteiger partial charge in [-0.25, -0.2) is 9.79 Å². The lowest BCUT2D eigenvalue weighted by Crippen LogP contribution is -2.40. The number of aliphatic carboxylic acids is 1. The van der Waals surface area contributed by atoms with Crippen LogP contribution in [0.1, 0.15) is 37.4 Å². The van der Waals surface area contributed by atoms with Crippen LogP contribution in [0.4, 0.5) is 0 Å². The van der Waals surface area contributed by atoms with Crippen molar-refractivity contribution in [1.29, 1.82) is 0 Å². The molecule has 0 fully saturated rings. The number of amidine groups is 1. The zero-order chi connectivity index (χ0) is 24.0. The molecule has 6 nitrogen and oxygen atoms in total. The van der Waals surface area contributed by atoms with Crippen LogP contribution in [0.25, 0.3) is 6.08 Å². The number of aliphatic imine (C=N–C) groups is 1. The number of carbonyl (C=O) groups excluding carboxylic acids is 1. The first-order chi connectivity index (χ1) is 15.8. The highest BCUT2D eigenvalue weighted by molar-refractivity contribution is 6.30. The van der Waals surface area contributed by atoms with Crippen molar-refractivity contribution in [3.8, 4) is 0 Å². The molecule has 0 aromatic heterocycles. The summed E-state index contributed by atoms with van der Waals surface area (Å²) in [4.78, 5) is 32.7. The molecule has 33 heavy (non-hydrogen) atoms. The Hall–Kier alpha value is -3.38. The lowest BCUT2D eigenvalue weighted by Gasteiger charge is -2.37. The number of carboxylic acids is 1. The normalized spacial score (nSPS) is 16.2. The van der Waals surface area contributed by atoms with E-state index < -0.39 is 12.0 Å². The fourth-order valence-corrected chi connectivity index (χ4v) is 4.14. The van der Waals surface area contributed by atoms with Crippen LogP contribution in [0, 0.1) is 0 Å². The molecule has 1 atom stereocenters. The van der Waals surface area contributed by atoms with E-state index in [0.717, 1.165) is 17.0 Å². The molecule has 0 radical (unpaired) electrons. The van der Waals surface area contributed by atoms with Gasteiger partial charge in [-0.3, -0.25) is 4.79 Å². The van der Waals surface area contributed by atoms with E-state index in [0.29, 0.717) is 30.2 Å². The van der Waals surface area contributed by atoms with Crippen LogP contribution in [-0.4, -0.2) is 52.8 Å². The van der Waals surface area contributed by atoms with E-state index >= 15 is 0 Å². The summed E-state index contributed by atoms with van der Waals surface area (Å²) in [6.45, 7) is 4.65. The zero-order valence-electron chi connectivity index (χ0n) is 19.0. The van der Waals surface area contributed by atoms with Crippen molar-refractivity contribution in [1.82, 2.24) is 9.80 Å². The molecule has 1 amide bonds. The molecule has 2 aromatic carbocycles. The molecule has 1 unspecified atom stereocenters. The van der Waals surface area contributed by atoms with E-state index in [1.54, 1.807) is 43.2 Å². The number of likely N-dealkylation sites (N-methyl/N-ethyl adjacent to an activating group) is 1. The molecule has 7 heteroatoms. The average molecular weight is 466 g/mol. The van der Waals surface area contributed by atoms with Gasteiger partial charge in [-0.1, -0.05) is 54.1 Å². The highest BCUT2D eigenvalue weighted by Crippen LogP contribution is 2.36. The Kier molecular flexibility index (Phi) is 8.06. The number of carbonyl (C=O) groups is 2. The summed E-state index contributed by atoms with van der Waals surface area (Å²) in [7, 11) is 1.76. The van der Waals surface area contributed by atoms with Crippen LogP contribution < -0.4 is 0 Å². The number of hydrogen-bond acceptors (Lipinski definition) is 4. The fourth-order valence-electron chi connectivity index (χ4n) is 3.94. The molecular weight excluding hydrogens is 438 g/mol. The maximum Gasteiger partial charge on any atom is 0.335 e. The van der Waals surface area contributed by atoms with E-state index in [1.165, 1.54) is 0 Å². The monoisotopic (exact) mass is 465 g/mol. The van der Waals surface area contributed by atoms with E-state index in [4.69, 9.17) is 11.6 Å². The quantitative estimate of drug-likeness (QED) is 0.554. The van der Waals surface area contributed by atoms with E-state index in [1.807, 2.05) is 54.3 Å². The lowest BCUT2D eigenvalue weighted by atomic mass is 9.93. The molecule has 0 bridgehead atoms. The summed E-state index contributed by atoms with van der Waals surface area (Å²) in [5.41, 5.74) is 2.48. The SMILES string of the molecule is CC1=NC(C)=C(C(=O)O)C(c2cccc(Cl)c2)N1CCCN(C)C(=O)/C=C/c1ccccc1. The molecule has 1 aliphatic heterocycles. The van der Waals surface area contributed by atoms with Gasteiger partial charge in [0.25, 0.3) is 0 Å². The van der Waals surface area contributed by atoms with Crippen LogP contribution in [0.15, 0.2) is 76.9 Å². The number of allylic oxidation sites excluding steroid dienone is 1. The van der Waals surface area contributed by atoms with Crippen molar-refractivity contribution in [2.45, 2.75) is 26.3 Å². The maximum absolute atomic E-state index is 12.5. The molecule has 0 saturated carbocycles. The molecule has 1 N–H and O–H groups in total. The first kappa shape index (κ1) is 24.3. The highest BCUT2D eigenvalue weighted by atomic mass is 35.5. The van der Waals surface area contributed by atoms with Crippen LogP contribution in [0.3, 0.4) is 0 Å². The van der Waals surface area contributed by atoms with Crippen LogP contribution in [-0.2, 0) is 9.59 Å². The van der Waals surface area contributed by atoms with Gasteiger partial charge in [0.15, 0.2) is 0 Å². The van der Waals surface area contributed by atoms with Gasteiger partial charge in [0.05, 0.1) is 17.3 Å². The number of halogens is 1. The minimum absolute atomic E-state index is 0.0868. The number of benzene rings is 2. The van der Waals surface area contributed by atoms with Crippen molar-refractivity contribution in [3.63, 3.8) is 0 Å². The third kappa shape index (κ3) is 6.11. The average Bonchev–Trinajstić information content (AvgIpc) is 2.78. The second-order valence-corrected chi connectivity index (χ2v) is 8.41. The minimum Gasteiger partial charge on any atom is -0.478 e. The summed E-state index contributed by atoms with van der Waals surface area (Å²) >= 11 is 6.20. The number of amides is 1. The Morgan fingerprint density at radius 3 is 2.55 bits per heavy atom. The molecule has 0 aliphatic carbocycles. The summed E-state index contributed by atoms with van der Waals surface area (Å²) in [6.07, 6.45) is 4.01. The fraction of sp³-hybridized carbons (Fsp3) is 0.269. The largest absolute Gasteiger partial charge is 0.478 e. The van der Waals surface area contributed by atoms with Gasteiger partial charge in [-0.2, -0.15) is 0 Å². The molecular formula is C26H28ClN3O3. The van der Waals surface area contributed by atoms with E-state index in [-0.39, 0.29) is 11.5 Å². The molecule has 1 aliphatic rings. The standard InChI is InChI=1S/C26H28ClN3O3/c1-18-24(26(32)33)25(21-11-7-12-22(27)17-21)30(19(2)28-18)16-8-15-29(3)23(31)14-13-20-9-5-4-6-10-20/h4-7,9-14,17,25H,8,15-16H2,1-3H3,(H,32,33)/b14-13+.